The van der Waals surface area contributed by atoms with Crippen molar-refractivity contribution in [1.82, 2.24) is 4.90 Å². The van der Waals surface area contributed by atoms with Gasteiger partial charge in [0.15, 0.2) is 11.6 Å². The number of nitrogens with zero attached hydrogens (tertiary/aromatic N) is 1. The van der Waals surface area contributed by atoms with Crippen LogP contribution in [0.15, 0.2) is 18.2 Å². The zero-order chi connectivity index (χ0) is 17.0. The molecule has 1 N–H and O–H groups in total. The second-order valence-corrected chi connectivity index (χ2v) is 6.36. The first-order valence-corrected chi connectivity index (χ1v) is 7.43. The average molecular weight is 324 g/mol. The average Bonchev–Trinajstić information content (AvgIpc) is 2.89. The summed E-state index contributed by atoms with van der Waals surface area (Å²) in [5.41, 5.74) is -0.199. The van der Waals surface area contributed by atoms with Crippen molar-refractivity contribution in [2.75, 3.05) is 18.4 Å². The summed E-state index contributed by atoms with van der Waals surface area (Å²) >= 11 is 0. The SMILES string of the molecule is CC(C)(C)OC(=O)N1CCC(Oc2ccc(NC=O)cc2F)C1. The lowest BCUT2D eigenvalue weighted by Gasteiger charge is -2.24. The van der Waals surface area contributed by atoms with Crippen molar-refractivity contribution in [1.29, 1.82) is 0 Å². The molecule has 1 unspecified atom stereocenters. The Morgan fingerprint density at radius 2 is 2.17 bits per heavy atom. The Labute approximate surface area is 134 Å². The largest absolute Gasteiger partial charge is 0.485 e. The fraction of sp³-hybridized carbons (Fsp3) is 0.500. The summed E-state index contributed by atoms with van der Waals surface area (Å²) in [6.07, 6.45) is 0.398. The third-order valence-corrected chi connectivity index (χ3v) is 3.25. The second-order valence-electron chi connectivity index (χ2n) is 6.36. The van der Waals surface area contributed by atoms with E-state index in [0.717, 1.165) is 0 Å². The number of hydrogen-bond donors (Lipinski definition) is 1. The van der Waals surface area contributed by atoms with E-state index in [9.17, 15) is 14.0 Å². The Morgan fingerprint density at radius 3 is 2.78 bits per heavy atom. The van der Waals surface area contributed by atoms with Crippen molar-refractivity contribution in [2.45, 2.75) is 38.9 Å². The van der Waals surface area contributed by atoms with Gasteiger partial charge in [-0.15, -0.1) is 0 Å². The number of halogens is 1. The number of amides is 2. The number of nitrogens with one attached hydrogen (secondary N) is 1. The van der Waals surface area contributed by atoms with Gasteiger partial charge in [0.1, 0.15) is 11.7 Å². The highest BCUT2D eigenvalue weighted by molar-refractivity contribution is 5.71. The van der Waals surface area contributed by atoms with E-state index in [4.69, 9.17) is 9.47 Å². The van der Waals surface area contributed by atoms with Crippen molar-refractivity contribution in [3.8, 4) is 5.75 Å². The van der Waals surface area contributed by atoms with Gasteiger partial charge in [0.2, 0.25) is 6.41 Å². The number of anilines is 1. The van der Waals surface area contributed by atoms with Gasteiger partial charge in [-0.1, -0.05) is 0 Å². The van der Waals surface area contributed by atoms with E-state index in [-0.39, 0.29) is 11.9 Å². The lowest BCUT2D eigenvalue weighted by molar-refractivity contribution is -0.105. The number of hydrogen-bond acceptors (Lipinski definition) is 4. The first kappa shape index (κ1) is 17.1. The number of rotatable bonds is 4. The highest BCUT2D eigenvalue weighted by atomic mass is 19.1. The summed E-state index contributed by atoms with van der Waals surface area (Å²) in [5, 5.41) is 2.37. The number of likely N-dealkylation sites (tertiary alicyclic amines) is 1. The predicted octanol–water partition coefficient (Wildman–Crippen LogP) is 2.78. The van der Waals surface area contributed by atoms with Crippen LogP contribution in [0.2, 0.25) is 0 Å². The molecule has 126 valence electrons. The van der Waals surface area contributed by atoms with Crippen LogP contribution in [0.5, 0.6) is 5.75 Å². The van der Waals surface area contributed by atoms with Crippen LogP contribution in [-0.4, -0.2) is 42.2 Å². The zero-order valence-electron chi connectivity index (χ0n) is 13.5. The third kappa shape index (κ3) is 4.84. The molecule has 0 radical (unpaired) electrons. The van der Waals surface area contributed by atoms with E-state index in [2.05, 4.69) is 5.32 Å². The molecular weight excluding hydrogens is 303 g/mol. The number of benzene rings is 1. The molecule has 1 fully saturated rings. The summed E-state index contributed by atoms with van der Waals surface area (Å²) < 4.78 is 24.8. The Morgan fingerprint density at radius 1 is 1.43 bits per heavy atom. The Kier molecular flexibility index (Phi) is 5.08. The molecule has 1 aromatic rings. The smallest absolute Gasteiger partial charge is 0.410 e. The summed E-state index contributed by atoms with van der Waals surface area (Å²) in [4.78, 5) is 23.9. The van der Waals surface area contributed by atoms with Gasteiger partial charge in [0, 0.05) is 24.7 Å². The highest BCUT2D eigenvalue weighted by Gasteiger charge is 2.31. The van der Waals surface area contributed by atoms with E-state index in [1.54, 1.807) is 31.7 Å². The zero-order valence-corrected chi connectivity index (χ0v) is 13.5. The van der Waals surface area contributed by atoms with Gasteiger partial charge in [0.05, 0.1) is 6.54 Å². The van der Waals surface area contributed by atoms with Gasteiger partial charge in [-0.25, -0.2) is 9.18 Å². The number of ether oxygens (including phenoxy) is 2. The Balaban J connectivity index is 1.93. The minimum atomic E-state index is -0.562. The molecule has 1 aliphatic heterocycles. The van der Waals surface area contributed by atoms with E-state index >= 15 is 0 Å². The van der Waals surface area contributed by atoms with E-state index in [0.29, 0.717) is 31.6 Å². The van der Waals surface area contributed by atoms with Crippen molar-refractivity contribution < 1.29 is 23.5 Å². The fourth-order valence-corrected chi connectivity index (χ4v) is 2.25. The molecular formula is C16H21FN2O4. The third-order valence-electron chi connectivity index (χ3n) is 3.25. The minimum Gasteiger partial charge on any atom is -0.485 e. The maximum atomic E-state index is 13.9. The number of carbonyl (C=O) groups excluding carboxylic acids is 2. The van der Waals surface area contributed by atoms with Crippen molar-refractivity contribution in [2.24, 2.45) is 0 Å². The van der Waals surface area contributed by atoms with Crippen LogP contribution in [0.25, 0.3) is 0 Å². The molecule has 0 aromatic heterocycles. The molecule has 1 heterocycles. The van der Waals surface area contributed by atoms with Crippen LogP contribution in [0.1, 0.15) is 27.2 Å². The van der Waals surface area contributed by atoms with Crippen molar-refractivity contribution in [3.05, 3.63) is 24.0 Å². The maximum Gasteiger partial charge on any atom is 0.410 e. The van der Waals surface area contributed by atoms with Gasteiger partial charge < -0.3 is 19.7 Å². The lowest BCUT2D eigenvalue weighted by atomic mass is 10.2. The second kappa shape index (κ2) is 6.85. The van der Waals surface area contributed by atoms with E-state index in [1.807, 2.05) is 0 Å². The Hall–Kier alpha value is -2.31. The first-order valence-electron chi connectivity index (χ1n) is 7.43. The van der Waals surface area contributed by atoms with Crippen molar-refractivity contribution >= 4 is 18.2 Å². The van der Waals surface area contributed by atoms with Crippen LogP contribution in [0.3, 0.4) is 0 Å². The topological polar surface area (TPSA) is 67.9 Å². The van der Waals surface area contributed by atoms with Gasteiger partial charge in [-0.05, 0) is 32.9 Å². The molecule has 0 bridgehead atoms. The lowest BCUT2D eigenvalue weighted by Crippen LogP contribution is -2.36. The van der Waals surface area contributed by atoms with E-state index < -0.39 is 17.5 Å². The molecule has 1 aliphatic rings. The summed E-state index contributed by atoms with van der Waals surface area (Å²) in [5.74, 6) is -0.468. The molecule has 0 saturated carbocycles. The quantitative estimate of drug-likeness (QED) is 0.865. The highest BCUT2D eigenvalue weighted by Crippen LogP contribution is 2.25. The fourth-order valence-electron chi connectivity index (χ4n) is 2.25. The molecule has 6 nitrogen and oxygen atoms in total. The normalized spacial score (nSPS) is 17.7. The molecule has 1 atom stereocenters. The van der Waals surface area contributed by atoms with Crippen LogP contribution < -0.4 is 10.1 Å². The molecule has 0 spiro atoms. The van der Waals surface area contributed by atoms with E-state index in [1.165, 1.54) is 12.1 Å². The van der Waals surface area contributed by atoms with Gasteiger partial charge in [-0.2, -0.15) is 0 Å². The van der Waals surface area contributed by atoms with Crippen LogP contribution in [-0.2, 0) is 9.53 Å². The molecule has 0 aliphatic carbocycles. The Bertz CT molecular complexity index is 586. The van der Waals surface area contributed by atoms with Crippen LogP contribution >= 0.6 is 0 Å². The molecule has 2 rings (SSSR count). The molecule has 2 amide bonds. The number of carbonyl (C=O) groups is 2. The summed E-state index contributed by atoms with van der Waals surface area (Å²) in [6, 6.07) is 4.19. The van der Waals surface area contributed by atoms with Crippen molar-refractivity contribution in [3.63, 3.8) is 0 Å². The maximum absolute atomic E-state index is 13.9. The molecule has 7 heteroatoms. The first-order chi connectivity index (χ1) is 10.8. The summed E-state index contributed by atoms with van der Waals surface area (Å²) in [6.45, 7) is 6.27. The van der Waals surface area contributed by atoms with Gasteiger partial charge in [-0.3, -0.25) is 4.79 Å². The molecule has 1 saturated heterocycles. The van der Waals surface area contributed by atoms with Crippen LogP contribution in [0.4, 0.5) is 14.9 Å². The van der Waals surface area contributed by atoms with Crippen LogP contribution in [0, 0.1) is 5.82 Å². The predicted molar refractivity (Wildman–Crippen MR) is 82.9 cm³/mol. The monoisotopic (exact) mass is 324 g/mol. The molecule has 23 heavy (non-hydrogen) atoms. The van der Waals surface area contributed by atoms with Gasteiger partial charge >= 0.3 is 6.09 Å². The van der Waals surface area contributed by atoms with Gasteiger partial charge in [0.25, 0.3) is 0 Å². The molecule has 1 aromatic carbocycles. The minimum absolute atomic E-state index is 0.0949. The summed E-state index contributed by atoms with van der Waals surface area (Å²) in [7, 11) is 0. The standard InChI is InChI=1S/C16H21FN2O4/c1-16(2,3)23-15(21)19-7-6-12(9-19)22-14-5-4-11(18-10-20)8-13(14)17/h4-5,8,10,12H,6-7,9H2,1-3H3,(H,18,20).